The van der Waals surface area contributed by atoms with Gasteiger partial charge in [0.15, 0.2) is 0 Å². The molecule has 0 heterocycles. The molecule has 0 aliphatic heterocycles. The Morgan fingerprint density at radius 3 is 2.27 bits per heavy atom. The monoisotopic (exact) mass is 214 g/mol. The van der Waals surface area contributed by atoms with Crippen LogP contribution in [0.3, 0.4) is 0 Å². The third-order valence-electron chi connectivity index (χ3n) is 3.27. The summed E-state index contributed by atoms with van der Waals surface area (Å²) in [5.41, 5.74) is 5.57. The molecule has 3 atom stereocenters. The van der Waals surface area contributed by atoms with Crippen LogP contribution < -0.4 is 11.1 Å². The minimum atomic E-state index is 0.139. The third-order valence-corrected chi connectivity index (χ3v) is 3.27. The lowest BCUT2D eigenvalue weighted by Gasteiger charge is -2.21. The normalized spacial score (nSPS) is 16.9. The van der Waals surface area contributed by atoms with Gasteiger partial charge in [0, 0.05) is 12.5 Å². The van der Waals surface area contributed by atoms with Crippen LogP contribution in [0, 0.1) is 11.8 Å². The Balaban J connectivity index is 3.92. The van der Waals surface area contributed by atoms with E-state index in [4.69, 9.17) is 5.73 Å². The number of hydrogen-bond acceptors (Lipinski definition) is 2. The predicted molar refractivity (Wildman–Crippen MR) is 64.5 cm³/mol. The standard InChI is InChI=1S/C12H26N2O/c1-5-9(3)10(4)14-12(15)7-11(6-2)8-13/h9-11H,5-8,13H2,1-4H3,(H,14,15). The largest absolute Gasteiger partial charge is 0.353 e. The van der Waals surface area contributed by atoms with Crippen molar-refractivity contribution in [1.29, 1.82) is 0 Å². The number of nitrogens with one attached hydrogen (secondary N) is 1. The molecule has 3 nitrogen and oxygen atoms in total. The van der Waals surface area contributed by atoms with Gasteiger partial charge in [-0.15, -0.1) is 0 Å². The lowest BCUT2D eigenvalue weighted by Crippen LogP contribution is -2.38. The molecule has 0 aromatic heterocycles. The molecule has 0 radical (unpaired) electrons. The summed E-state index contributed by atoms with van der Waals surface area (Å²) in [7, 11) is 0. The average Bonchev–Trinajstić information content (AvgIpc) is 2.24. The Morgan fingerprint density at radius 1 is 1.27 bits per heavy atom. The summed E-state index contributed by atoms with van der Waals surface area (Å²) in [6.07, 6.45) is 2.63. The summed E-state index contributed by atoms with van der Waals surface area (Å²) in [6, 6.07) is 0.262. The van der Waals surface area contributed by atoms with Crippen LogP contribution in [-0.2, 0) is 4.79 Å². The van der Waals surface area contributed by atoms with Gasteiger partial charge in [0.2, 0.25) is 5.91 Å². The number of hydrogen-bond donors (Lipinski definition) is 2. The van der Waals surface area contributed by atoms with Crippen LogP contribution in [0.2, 0.25) is 0 Å². The van der Waals surface area contributed by atoms with Gasteiger partial charge in [-0.05, 0) is 25.3 Å². The van der Waals surface area contributed by atoms with E-state index in [0.717, 1.165) is 12.8 Å². The fourth-order valence-corrected chi connectivity index (χ4v) is 1.47. The van der Waals surface area contributed by atoms with Gasteiger partial charge in [-0.3, -0.25) is 4.79 Å². The summed E-state index contributed by atoms with van der Waals surface area (Å²) >= 11 is 0. The van der Waals surface area contributed by atoms with Gasteiger partial charge in [0.25, 0.3) is 0 Å². The zero-order valence-electron chi connectivity index (χ0n) is 10.5. The topological polar surface area (TPSA) is 55.1 Å². The van der Waals surface area contributed by atoms with Gasteiger partial charge in [-0.1, -0.05) is 33.6 Å². The van der Waals surface area contributed by atoms with E-state index in [-0.39, 0.29) is 11.9 Å². The molecule has 0 rings (SSSR count). The summed E-state index contributed by atoms with van der Waals surface area (Å²) < 4.78 is 0. The molecule has 0 aliphatic carbocycles. The van der Waals surface area contributed by atoms with Crippen molar-refractivity contribution in [3.8, 4) is 0 Å². The Morgan fingerprint density at radius 2 is 1.87 bits per heavy atom. The number of carbonyl (C=O) groups excluding carboxylic acids is 1. The van der Waals surface area contributed by atoms with E-state index >= 15 is 0 Å². The van der Waals surface area contributed by atoms with Crippen molar-refractivity contribution in [2.75, 3.05) is 6.54 Å². The summed E-state index contributed by atoms with van der Waals surface area (Å²) in [4.78, 5) is 11.6. The highest BCUT2D eigenvalue weighted by atomic mass is 16.1. The third kappa shape index (κ3) is 5.78. The van der Waals surface area contributed by atoms with E-state index in [0.29, 0.717) is 24.8 Å². The van der Waals surface area contributed by atoms with Crippen molar-refractivity contribution >= 4 is 5.91 Å². The van der Waals surface area contributed by atoms with Crippen molar-refractivity contribution in [2.45, 2.75) is 53.0 Å². The van der Waals surface area contributed by atoms with Crippen LogP contribution in [0.15, 0.2) is 0 Å². The maximum absolute atomic E-state index is 11.6. The fraction of sp³-hybridized carbons (Fsp3) is 0.917. The number of rotatable bonds is 7. The number of nitrogens with two attached hydrogens (primary N) is 1. The molecule has 0 fully saturated rings. The van der Waals surface area contributed by atoms with Crippen LogP contribution >= 0.6 is 0 Å². The van der Waals surface area contributed by atoms with Crippen molar-refractivity contribution in [3.63, 3.8) is 0 Å². The first-order chi connectivity index (χ1) is 7.04. The van der Waals surface area contributed by atoms with E-state index in [1.54, 1.807) is 0 Å². The highest BCUT2D eigenvalue weighted by Crippen LogP contribution is 2.09. The van der Waals surface area contributed by atoms with Gasteiger partial charge < -0.3 is 11.1 Å². The van der Waals surface area contributed by atoms with Gasteiger partial charge in [0.1, 0.15) is 0 Å². The molecule has 3 N–H and O–H groups in total. The average molecular weight is 214 g/mol. The summed E-state index contributed by atoms with van der Waals surface area (Å²) in [5.74, 6) is 1.00. The fourth-order valence-electron chi connectivity index (χ4n) is 1.47. The van der Waals surface area contributed by atoms with Crippen LogP contribution in [0.1, 0.15) is 47.0 Å². The van der Waals surface area contributed by atoms with Crippen LogP contribution in [0.5, 0.6) is 0 Å². The second-order valence-corrected chi connectivity index (χ2v) is 4.46. The molecule has 0 aromatic carbocycles. The highest BCUT2D eigenvalue weighted by molar-refractivity contribution is 5.76. The molecule has 0 saturated heterocycles. The van der Waals surface area contributed by atoms with Gasteiger partial charge in [-0.25, -0.2) is 0 Å². The predicted octanol–water partition coefficient (Wildman–Crippen LogP) is 1.91. The minimum absolute atomic E-state index is 0.139. The van der Waals surface area contributed by atoms with Gasteiger partial charge >= 0.3 is 0 Å². The van der Waals surface area contributed by atoms with Crippen LogP contribution in [0.4, 0.5) is 0 Å². The SMILES string of the molecule is CCC(CN)CC(=O)NC(C)C(C)CC. The maximum atomic E-state index is 11.6. The van der Waals surface area contributed by atoms with Crippen LogP contribution in [-0.4, -0.2) is 18.5 Å². The molecule has 0 aromatic rings. The molecule has 0 bridgehead atoms. The Hall–Kier alpha value is -0.570. The molecular formula is C12H26N2O. The minimum Gasteiger partial charge on any atom is -0.353 e. The summed E-state index contributed by atoms with van der Waals surface area (Å²) in [6.45, 7) is 9.03. The first-order valence-electron chi connectivity index (χ1n) is 6.04. The smallest absolute Gasteiger partial charge is 0.220 e. The molecule has 90 valence electrons. The van der Waals surface area contributed by atoms with Gasteiger partial charge in [0.05, 0.1) is 0 Å². The zero-order valence-corrected chi connectivity index (χ0v) is 10.5. The van der Waals surface area contributed by atoms with Crippen molar-refractivity contribution < 1.29 is 4.79 Å². The first-order valence-corrected chi connectivity index (χ1v) is 6.04. The Kier molecular flexibility index (Phi) is 7.39. The molecule has 3 heteroatoms. The van der Waals surface area contributed by atoms with Crippen LogP contribution in [0.25, 0.3) is 0 Å². The van der Waals surface area contributed by atoms with E-state index in [1.165, 1.54) is 0 Å². The van der Waals surface area contributed by atoms with E-state index in [2.05, 4.69) is 33.0 Å². The molecule has 0 saturated carbocycles. The van der Waals surface area contributed by atoms with E-state index in [1.807, 2.05) is 0 Å². The number of amides is 1. The lowest BCUT2D eigenvalue weighted by atomic mass is 9.99. The second kappa shape index (κ2) is 7.69. The Labute approximate surface area is 93.8 Å². The molecule has 0 spiro atoms. The first kappa shape index (κ1) is 14.4. The van der Waals surface area contributed by atoms with E-state index in [9.17, 15) is 4.79 Å². The van der Waals surface area contributed by atoms with Crippen molar-refractivity contribution in [2.24, 2.45) is 17.6 Å². The molecule has 0 aliphatic rings. The Bertz CT molecular complexity index is 178. The number of carbonyl (C=O) groups is 1. The zero-order chi connectivity index (χ0) is 11.8. The van der Waals surface area contributed by atoms with Crippen molar-refractivity contribution in [1.82, 2.24) is 5.32 Å². The van der Waals surface area contributed by atoms with Crippen molar-refractivity contribution in [3.05, 3.63) is 0 Å². The van der Waals surface area contributed by atoms with E-state index < -0.39 is 0 Å². The molecular weight excluding hydrogens is 188 g/mol. The quantitative estimate of drug-likeness (QED) is 0.680. The second-order valence-electron chi connectivity index (χ2n) is 4.46. The summed E-state index contributed by atoms with van der Waals surface area (Å²) in [5, 5.41) is 3.04. The highest BCUT2D eigenvalue weighted by Gasteiger charge is 2.15. The van der Waals surface area contributed by atoms with Gasteiger partial charge in [-0.2, -0.15) is 0 Å². The molecule has 3 unspecified atom stereocenters. The molecule has 15 heavy (non-hydrogen) atoms. The maximum Gasteiger partial charge on any atom is 0.220 e. The lowest BCUT2D eigenvalue weighted by molar-refractivity contribution is -0.122. The molecule has 1 amide bonds.